The number of aliphatic hydroxyl groups excluding tert-OH is 1. The van der Waals surface area contributed by atoms with Gasteiger partial charge in [0.2, 0.25) is 0 Å². The van der Waals surface area contributed by atoms with E-state index in [0.717, 1.165) is 30.2 Å². The zero-order valence-electron chi connectivity index (χ0n) is 9.75. The van der Waals surface area contributed by atoms with Crippen molar-refractivity contribution in [3.63, 3.8) is 0 Å². The first kappa shape index (κ1) is 11.5. The van der Waals surface area contributed by atoms with Crippen molar-refractivity contribution in [2.24, 2.45) is 0 Å². The summed E-state index contributed by atoms with van der Waals surface area (Å²) in [6.45, 7) is 2.45. The molecule has 1 aromatic carbocycles. The third-order valence-electron chi connectivity index (χ3n) is 3.17. The summed E-state index contributed by atoms with van der Waals surface area (Å²) < 4.78 is 2.05. The van der Waals surface area contributed by atoms with Crippen LogP contribution in [0.4, 0.5) is 5.69 Å². The normalized spacial score (nSPS) is 14.7. The SMILES string of the molecule is OCc1ccc(N2CCn3cnnc3C2)c(Cl)c1. The van der Waals surface area contributed by atoms with Gasteiger partial charge in [-0.15, -0.1) is 10.2 Å². The van der Waals surface area contributed by atoms with Crippen molar-refractivity contribution in [2.45, 2.75) is 19.7 Å². The van der Waals surface area contributed by atoms with Crippen LogP contribution < -0.4 is 4.90 Å². The van der Waals surface area contributed by atoms with Gasteiger partial charge in [0.1, 0.15) is 6.33 Å². The van der Waals surface area contributed by atoms with Gasteiger partial charge in [-0.25, -0.2) is 0 Å². The number of nitrogens with zero attached hydrogens (tertiary/aromatic N) is 4. The van der Waals surface area contributed by atoms with Crippen molar-refractivity contribution in [2.75, 3.05) is 11.4 Å². The van der Waals surface area contributed by atoms with Gasteiger partial charge in [0, 0.05) is 13.1 Å². The Balaban J connectivity index is 1.88. The lowest BCUT2D eigenvalue weighted by Gasteiger charge is -2.29. The molecule has 0 aliphatic carbocycles. The monoisotopic (exact) mass is 264 g/mol. The molecule has 5 nitrogen and oxygen atoms in total. The summed E-state index contributed by atoms with van der Waals surface area (Å²) >= 11 is 6.25. The van der Waals surface area contributed by atoms with E-state index in [2.05, 4.69) is 15.1 Å². The zero-order chi connectivity index (χ0) is 12.5. The molecule has 2 heterocycles. The Morgan fingerprint density at radius 1 is 1.33 bits per heavy atom. The fourth-order valence-electron chi connectivity index (χ4n) is 2.18. The number of rotatable bonds is 2. The minimum Gasteiger partial charge on any atom is -0.392 e. The maximum absolute atomic E-state index is 9.07. The molecule has 3 rings (SSSR count). The van der Waals surface area contributed by atoms with Crippen molar-refractivity contribution in [3.8, 4) is 0 Å². The topological polar surface area (TPSA) is 54.2 Å². The molecule has 1 aromatic heterocycles. The zero-order valence-corrected chi connectivity index (χ0v) is 10.5. The van der Waals surface area contributed by atoms with Crippen LogP contribution in [0.2, 0.25) is 5.02 Å². The average Bonchev–Trinajstić information content (AvgIpc) is 2.85. The average molecular weight is 265 g/mol. The van der Waals surface area contributed by atoms with Crippen LogP contribution in [-0.2, 0) is 19.7 Å². The highest BCUT2D eigenvalue weighted by atomic mass is 35.5. The Kier molecular flexibility index (Phi) is 2.93. The van der Waals surface area contributed by atoms with Crippen molar-refractivity contribution < 1.29 is 5.11 Å². The molecule has 1 N–H and O–H groups in total. The number of aromatic nitrogens is 3. The van der Waals surface area contributed by atoms with E-state index in [1.54, 1.807) is 12.4 Å². The number of fused-ring (bicyclic) bond motifs is 1. The maximum atomic E-state index is 9.07. The standard InChI is InChI=1S/C12H13ClN4O/c13-10-5-9(7-18)1-2-11(10)16-3-4-17-8-14-15-12(17)6-16/h1-2,5,8,18H,3-4,6-7H2. The minimum atomic E-state index is 0.00826. The van der Waals surface area contributed by atoms with Crippen LogP contribution in [0.3, 0.4) is 0 Å². The summed E-state index contributed by atoms with van der Waals surface area (Å²) in [5, 5.41) is 17.7. The minimum absolute atomic E-state index is 0.00826. The number of anilines is 1. The maximum Gasteiger partial charge on any atom is 0.152 e. The Labute approximate surface area is 110 Å². The third-order valence-corrected chi connectivity index (χ3v) is 3.48. The second kappa shape index (κ2) is 4.59. The molecule has 94 valence electrons. The van der Waals surface area contributed by atoms with E-state index in [1.807, 2.05) is 16.7 Å². The first-order valence-corrected chi connectivity index (χ1v) is 6.16. The highest BCUT2D eigenvalue weighted by molar-refractivity contribution is 6.33. The molecule has 2 aromatic rings. The van der Waals surface area contributed by atoms with Gasteiger partial charge in [0.05, 0.1) is 23.9 Å². The highest BCUT2D eigenvalue weighted by Gasteiger charge is 2.19. The fourth-order valence-corrected chi connectivity index (χ4v) is 2.50. The summed E-state index contributed by atoms with van der Waals surface area (Å²) in [6, 6.07) is 5.64. The highest BCUT2D eigenvalue weighted by Crippen LogP contribution is 2.29. The van der Waals surface area contributed by atoms with Crippen LogP contribution in [0.1, 0.15) is 11.4 Å². The van der Waals surface area contributed by atoms with Crippen LogP contribution in [0, 0.1) is 0 Å². The molecular formula is C12H13ClN4O. The second-order valence-electron chi connectivity index (χ2n) is 4.31. The van der Waals surface area contributed by atoms with Gasteiger partial charge in [-0.1, -0.05) is 17.7 Å². The van der Waals surface area contributed by atoms with Crippen LogP contribution in [-0.4, -0.2) is 26.4 Å². The van der Waals surface area contributed by atoms with Crippen molar-refractivity contribution in [1.29, 1.82) is 0 Å². The van der Waals surface area contributed by atoms with Gasteiger partial charge in [-0.3, -0.25) is 0 Å². The quantitative estimate of drug-likeness (QED) is 0.892. The lowest BCUT2D eigenvalue weighted by molar-refractivity contribution is 0.282. The Hall–Kier alpha value is -1.59. The summed E-state index contributed by atoms with van der Waals surface area (Å²) in [5.41, 5.74) is 1.80. The summed E-state index contributed by atoms with van der Waals surface area (Å²) in [5.74, 6) is 0.948. The molecule has 18 heavy (non-hydrogen) atoms. The number of aliphatic hydroxyl groups is 1. The Morgan fingerprint density at radius 3 is 3.00 bits per heavy atom. The molecule has 0 bridgehead atoms. The summed E-state index contributed by atoms with van der Waals surface area (Å²) in [7, 11) is 0. The smallest absolute Gasteiger partial charge is 0.152 e. The first-order chi connectivity index (χ1) is 8.78. The van der Waals surface area contributed by atoms with Gasteiger partial charge >= 0.3 is 0 Å². The first-order valence-electron chi connectivity index (χ1n) is 5.79. The predicted octanol–water partition coefficient (Wildman–Crippen LogP) is 1.44. The fraction of sp³-hybridized carbons (Fsp3) is 0.333. The molecular weight excluding hydrogens is 252 g/mol. The number of benzene rings is 1. The molecule has 6 heteroatoms. The van der Waals surface area contributed by atoms with Crippen molar-refractivity contribution in [1.82, 2.24) is 14.8 Å². The van der Waals surface area contributed by atoms with Crippen LogP contribution in [0.25, 0.3) is 0 Å². The Morgan fingerprint density at radius 2 is 2.22 bits per heavy atom. The second-order valence-corrected chi connectivity index (χ2v) is 4.71. The van der Waals surface area contributed by atoms with E-state index in [1.165, 1.54) is 0 Å². The van der Waals surface area contributed by atoms with Crippen LogP contribution in [0.15, 0.2) is 24.5 Å². The molecule has 0 unspecified atom stereocenters. The summed E-state index contributed by atoms with van der Waals surface area (Å²) in [4.78, 5) is 2.17. The van der Waals surface area contributed by atoms with Gasteiger partial charge < -0.3 is 14.6 Å². The molecule has 1 aliphatic rings. The molecule has 1 aliphatic heterocycles. The largest absolute Gasteiger partial charge is 0.392 e. The number of hydrogen-bond acceptors (Lipinski definition) is 4. The molecule has 0 amide bonds. The number of hydrogen-bond donors (Lipinski definition) is 1. The predicted molar refractivity (Wildman–Crippen MR) is 68.4 cm³/mol. The molecule has 0 spiro atoms. The van der Waals surface area contributed by atoms with E-state index in [4.69, 9.17) is 16.7 Å². The molecule has 0 fully saturated rings. The lowest BCUT2D eigenvalue weighted by Crippen LogP contribution is -2.33. The van der Waals surface area contributed by atoms with Gasteiger partial charge in [-0.05, 0) is 17.7 Å². The van der Waals surface area contributed by atoms with E-state index in [9.17, 15) is 0 Å². The van der Waals surface area contributed by atoms with Gasteiger partial charge in [0.25, 0.3) is 0 Å². The van der Waals surface area contributed by atoms with Crippen LogP contribution in [0.5, 0.6) is 0 Å². The molecule has 0 radical (unpaired) electrons. The van der Waals surface area contributed by atoms with Gasteiger partial charge in [-0.2, -0.15) is 0 Å². The van der Waals surface area contributed by atoms with E-state index in [-0.39, 0.29) is 6.61 Å². The van der Waals surface area contributed by atoms with E-state index < -0.39 is 0 Å². The van der Waals surface area contributed by atoms with Crippen LogP contribution >= 0.6 is 11.6 Å². The molecule has 0 atom stereocenters. The van der Waals surface area contributed by atoms with E-state index >= 15 is 0 Å². The molecule has 0 saturated heterocycles. The van der Waals surface area contributed by atoms with Crippen molar-refractivity contribution in [3.05, 3.63) is 40.9 Å². The third kappa shape index (κ3) is 1.95. The Bertz CT molecular complexity index is 569. The number of halogens is 1. The van der Waals surface area contributed by atoms with Gasteiger partial charge in [0.15, 0.2) is 5.82 Å². The van der Waals surface area contributed by atoms with E-state index in [0.29, 0.717) is 11.6 Å². The lowest BCUT2D eigenvalue weighted by atomic mass is 10.2. The molecule has 0 saturated carbocycles. The van der Waals surface area contributed by atoms with Crippen molar-refractivity contribution >= 4 is 17.3 Å². The summed E-state index contributed by atoms with van der Waals surface area (Å²) in [6.07, 6.45) is 1.75.